The summed E-state index contributed by atoms with van der Waals surface area (Å²) in [5.41, 5.74) is 0. The molecule has 2 unspecified atom stereocenters. The molecule has 3 rings (SSSR count). The van der Waals surface area contributed by atoms with Crippen molar-refractivity contribution >= 4 is 10.8 Å². The van der Waals surface area contributed by atoms with E-state index in [-0.39, 0.29) is 0 Å². The molecule has 0 bridgehead atoms. The fourth-order valence-corrected chi connectivity index (χ4v) is 3.27. The van der Waals surface area contributed by atoms with Crippen LogP contribution in [0.2, 0.25) is 0 Å². The van der Waals surface area contributed by atoms with E-state index in [1.165, 1.54) is 17.2 Å². The van der Waals surface area contributed by atoms with E-state index in [9.17, 15) is 0 Å². The van der Waals surface area contributed by atoms with Crippen molar-refractivity contribution in [1.29, 1.82) is 0 Å². The van der Waals surface area contributed by atoms with E-state index in [2.05, 4.69) is 61.2 Å². The van der Waals surface area contributed by atoms with Crippen molar-refractivity contribution in [3.8, 4) is 5.75 Å². The standard InChI is InChI=1S/C18H23NO/c1-3-16-12-18(13-19(16)4-2)20-17-10-9-14-7-5-6-8-15(14)11-17/h5-11,16,18H,3-4,12-13H2,1-2H3. The highest BCUT2D eigenvalue weighted by molar-refractivity contribution is 5.83. The first-order chi connectivity index (χ1) is 9.80. The van der Waals surface area contributed by atoms with Crippen LogP contribution in [0.3, 0.4) is 0 Å². The zero-order valence-electron chi connectivity index (χ0n) is 12.4. The van der Waals surface area contributed by atoms with Gasteiger partial charge in [0.1, 0.15) is 11.9 Å². The summed E-state index contributed by atoms with van der Waals surface area (Å²) in [7, 11) is 0. The van der Waals surface area contributed by atoms with Gasteiger partial charge < -0.3 is 4.74 Å². The third-order valence-corrected chi connectivity index (χ3v) is 4.39. The molecule has 0 radical (unpaired) electrons. The van der Waals surface area contributed by atoms with E-state index in [4.69, 9.17) is 4.74 Å². The molecular weight excluding hydrogens is 246 g/mol. The molecule has 0 aliphatic carbocycles. The molecule has 1 aliphatic rings. The Morgan fingerprint density at radius 2 is 1.90 bits per heavy atom. The van der Waals surface area contributed by atoms with Gasteiger partial charge in [-0.25, -0.2) is 0 Å². The maximum absolute atomic E-state index is 6.21. The smallest absolute Gasteiger partial charge is 0.120 e. The molecule has 0 N–H and O–H groups in total. The number of likely N-dealkylation sites (tertiary alicyclic amines) is 1. The van der Waals surface area contributed by atoms with Gasteiger partial charge in [0.05, 0.1) is 0 Å². The van der Waals surface area contributed by atoms with Crippen LogP contribution in [0.5, 0.6) is 5.75 Å². The number of likely N-dealkylation sites (N-methyl/N-ethyl adjacent to an activating group) is 1. The lowest BCUT2D eigenvalue weighted by Gasteiger charge is -2.20. The molecule has 2 heteroatoms. The fraction of sp³-hybridized carbons (Fsp3) is 0.444. The number of benzene rings is 2. The van der Waals surface area contributed by atoms with Gasteiger partial charge in [0.25, 0.3) is 0 Å². The molecule has 0 spiro atoms. The lowest BCUT2D eigenvalue weighted by Crippen LogP contribution is -2.29. The number of fused-ring (bicyclic) bond motifs is 1. The summed E-state index contributed by atoms with van der Waals surface area (Å²) in [4.78, 5) is 2.53. The van der Waals surface area contributed by atoms with Gasteiger partial charge >= 0.3 is 0 Å². The Bertz CT molecular complexity index is 568. The third-order valence-electron chi connectivity index (χ3n) is 4.39. The van der Waals surface area contributed by atoms with Gasteiger partial charge in [0.15, 0.2) is 0 Å². The van der Waals surface area contributed by atoms with Crippen molar-refractivity contribution in [1.82, 2.24) is 4.90 Å². The number of nitrogens with zero attached hydrogens (tertiary/aromatic N) is 1. The number of hydrogen-bond donors (Lipinski definition) is 0. The number of ether oxygens (including phenoxy) is 1. The van der Waals surface area contributed by atoms with E-state index in [0.717, 1.165) is 25.3 Å². The Labute approximate surface area is 121 Å². The predicted octanol–water partition coefficient (Wildman–Crippen LogP) is 4.09. The minimum absolute atomic E-state index is 0.334. The molecule has 1 aliphatic heterocycles. The largest absolute Gasteiger partial charge is 0.489 e. The SMILES string of the molecule is CCC1CC(Oc2ccc3ccccc3c2)CN1CC. The average molecular weight is 269 g/mol. The van der Waals surface area contributed by atoms with Gasteiger partial charge in [0.2, 0.25) is 0 Å². The highest BCUT2D eigenvalue weighted by Crippen LogP contribution is 2.26. The Morgan fingerprint density at radius 3 is 2.60 bits per heavy atom. The van der Waals surface area contributed by atoms with Crippen molar-refractivity contribution in [3.05, 3.63) is 42.5 Å². The van der Waals surface area contributed by atoms with Crippen molar-refractivity contribution in [3.63, 3.8) is 0 Å². The van der Waals surface area contributed by atoms with Crippen LogP contribution in [0.15, 0.2) is 42.5 Å². The van der Waals surface area contributed by atoms with Crippen molar-refractivity contribution < 1.29 is 4.74 Å². The first-order valence-corrected chi connectivity index (χ1v) is 7.69. The molecule has 2 aromatic carbocycles. The van der Waals surface area contributed by atoms with Gasteiger partial charge in [-0.3, -0.25) is 4.90 Å². The average Bonchev–Trinajstić information content (AvgIpc) is 2.89. The van der Waals surface area contributed by atoms with Crippen molar-refractivity contribution in [2.24, 2.45) is 0 Å². The Hall–Kier alpha value is -1.54. The van der Waals surface area contributed by atoms with E-state index in [1.54, 1.807) is 0 Å². The van der Waals surface area contributed by atoms with Crippen LogP contribution in [-0.4, -0.2) is 30.1 Å². The Balaban J connectivity index is 1.73. The van der Waals surface area contributed by atoms with Gasteiger partial charge in [-0.15, -0.1) is 0 Å². The maximum Gasteiger partial charge on any atom is 0.120 e. The summed E-state index contributed by atoms with van der Waals surface area (Å²) < 4.78 is 6.21. The first kappa shape index (κ1) is 13.4. The van der Waals surface area contributed by atoms with E-state index in [1.807, 2.05) is 0 Å². The van der Waals surface area contributed by atoms with Crippen LogP contribution < -0.4 is 4.74 Å². The summed E-state index contributed by atoms with van der Waals surface area (Å²) in [5.74, 6) is 1.00. The number of rotatable bonds is 4. The van der Waals surface area contributed by atoms with Gasteiger partial charge in [-0.2, -0.15) is 0 Å². The molecule has 2 aromatic rings. The zero-order chi connectivity index (χ0) is 13.9. The second kappa shape index (κ2) is 5.84. The van der Waals surface area contributed by atoms with Crippen LogP contribution >= 0.6 is 0 Å². The highest BCUT2D eigenvalue weighted by Gasteiger charge is 2.30. The van der Waals surface area contributed by atoms with E-state index >= 15 is 0 Å². The first-order valence-electron chi connectivity index (χ1n) is 7.69. The van der Waals surface area contributed by atoms with Crippen molar-refractivity contribution in [2.45, 2.75) is 38.8 Å². The molecular formula is C18H23NO. The van der Waals surface area contributed by atoms with Crippen LogP contribution in [-0.2, 0) is 0 Å². The summed E-state index contributed by atoms with van der Waals surface area (Å²) in [5, 5.41) is 2.52. The highest BCUT2D eigenvalue weighted by atomic mass is 16.5. The second-order valence-corrected chi connectivity index (χ2v) is 5.63. The molecule has 1 fully saturated rings. The molecule has 0 saturated carbocycles. The summed E-state index contributed by atoms with van der Waals surface area (Å²) in [6, 6.07) is 15.5. The molecule has 1 saturated heterocycles. The van der Waals surface area contributed by atoms with Gasteiger partial charge in [-0.1, -0.05) is 44.2 Å². The fourth-order valence-electron chi connectivity index (χ4n) is 3.27. The van der Waals surface area contributed by atoms with Crippen LogP contribution in [0.1, 0.15) is 26.7 Å². The molecule has 106 valence electrons. The molecule has 0 amide bonds. The van der Waals surface area contributed by atoms with E-state index in [0.29, 0.717) is 12.1 Å². The lowest BCUT2D eigenvalue weighted by molar-refractivity contribution is 0.200. The predicted molar refractivity (Wildman–Crippen MR) is 84.3 cm³/mol. The normalized spacial score (nSPS) is 23.3. The summed E-state index contributed by atoms with van der Waals surface area (Å²) in [6.45, 7) is 6.69. The lowest BCUT2D eigenvalue weighted by atomic mass is 10.1. The monoisotopic (exact) mass is 269 g/mol. The van der Waals surface area contributed by atoms with E-state index < -0.39 is 0 Å². The van der Waals surface area contributed by atoms with Crippen LogP contribution in [0, 0.1) is 0 Å². The zero-order valence-corrected chi connectivity index (χ0v) is 12.4. The topological polar surface area (TPSA) is 12.5 Å². The van der Waals surface area contributed by atoms with Crippen LogP contribution in [0.25, 0.3) is 10.8 Å². The summed E-state index contributed by atoms with van der Waals surface area (Å²) >= 11 is 0. The minimum Gasteiger partial charge on any atom is -0.489 e. The van der Waals surface area contributed by atoms with Gasteiger partial charge in [0, 0.05) is 19.0 Å². The quantitative estimate of drug-likeness (QED) is 0.829. The third kappa shape index (κ3) is 2.66. The molecule has 2 atom stereocenters. The van der Waals surface area contributed by atoms with Crippen molar-refractivity contribution in [2.75, 3.05) is 13.1 Å². The molecule has 0 aromatic heterocycles. The summed E-state index contributed by atoms with van der Waals surface area (Å²) in [6.07, 6.45) is 2.70. The maximum atomic E-state index is 6.21. The minimum atomic E-state index is 0.334. The Kier molecular flexibility index (Phi) is 3.93. The Morgan fingerprint density at radius 1 is 1.10 bits per heavy atom. The van der Waals surface area contributed by atoms with Crippen LogP contribution in [0.4, 0.5) is 0 Å². The molecule has 2 nitrogen and oxygen atoms in total. The number of hydrogen-bond acceptors (Lipinski definition) is 2. The molecule has 1 heterocycles. The molecule has 20 heavy (non-hydrogen) atoms. The van der Waals surface area contributed by atoms with Gasteiger partial charge in [-0.05, 0) is 35.9 Å². The second-order valence-electron chi connectivity index (χ2n) is 5.63.